The van der Waals surface area contributed by atoms with Crippen LogP contribution in [0.3, 0.4) is 0 Å². The molecule has 0 aliphatic carbocycles. The second-order valence-electron chi connectivity index (χ2n) is 11.7. The third kappa shape index (κ3) is 5.13. The molecule has 4 amide bonds. The number of H-pyrrole nitrogens is 1. The second kappa shape index (κ2) is 10.4. The minimum Gasteiger partial charge on any atom is -0.368 e. The Morgan fingerprint density at radius 3 is 2.49 bits per heavy atom. The van der Waals surface area contributed by atoms with E-state index in [2.05, 4.69) is 10.3 Å². The molecule has 1 spiro atoms. The van der Waals surface area contributed by atoms with Crippen LogP contribution in [0, 0.1) is 17.6 Å². The van der Waals surface area contributed by atoms with Crippen molar-refractivity contribution in [3.63, 3.8) is 0 Å². The number of sulfone groups is 1. The summed E-state index contributed by atoms with van der Waals surface area (Å²) < 4.78 is 52.6. The van der Waals surface area contributed by atoms with Gasteiger partial charge in [-0.25, -0.2) is 17.2 Å². The Labute approximate surface area is 246 Å². The van der Waals surface area contributed by atoms with Gasteiger partial charge in [-0.05, 0) is 54.7 Å². The number of benzene rings is 2. The first-order valence-electron chi connectivity index (χ1n) is 13.5. The number of nitrogens with two attached hydrogens (primary N) is 1. The average Bonchev–Trinajstić information content (AvgIpc) is 3.60. The molecule has 3 atom stereocenters. The normalized spacial score (nSPS) is 20.5. The Morgan fingerprint density at radius 2 is 1.86 bits per heavy atom. The van der Waals surface area contributed by atoms with E-state index in [1.807, 2.05) is 13.8 Å². The molecule has 228 valence electrons. The number of hydrogen-bond acceptors (Lipinski definition) is 6. The molecule has 0 saturated carbocycles. The number of aromatic nitrogens is 1. The molecule has 43 heavy (non-hydrogen) atoms. The summed E-state index contributed by atoms with van der Waals surface area (Å²) in [5.41, 5.74) is 4.96. The number of likely N-dealkylation sites (N-methyl/N-ethyl adjacent to an activating group) is 1. The third-order valence-corrected chi connectivity index (χ3v) is 9.35. The quantitative estimate of drug-likeness (QED) is 0.370. The van der Waals surface area contributed by atoms with Crippen LogP contribution in [-0.2, 0) is 29.6 Å². The number of nitrogens with one attached hydrogen (secondary N) is 2. The smallest absolute Gasteiger partial charge is 0.270 e. The molecule has 2 aliphatic heterocycles. The van der Waals surface area contributed by atoms with E-state index in [0.29, 0.717) is 17.3 Å². The molecule has 3 aromatic rings. The maximum atomic E-state index is 14.3. The third-order valence-electron chi connectivity index (χ3n) is 8.24. The van der Waals surface area contributed by atoms with E-state index in [-0.39, 0.29) is 46.8 Å². The molecule has 1 aromatic heterocycles. The number of fused-ring (bicyclic) bond motifs is 3. The summed E-state index contributed by atoms with van der Waals surface area (Å²) >= 11 is 0. The Hall–Kier alpha value is -4.33. The van der Waals surface area contributed by atoms with Crippen molar-refractivity contribution in [3.8, 4) is 0 Å². The number of anilines is 1. The van der Waals surface area contributed by atoms with Crippen molar-refractivity contribution in [2.75, 3.05) is 25.2 Å². The molecular weight excluding hydrogens is 584 g/mol. The van der Waals surface area contributed by atoms with Gasteiger partial charge in [-0.3, -0.25) is 19.2 Å². The van der Waals surface area contributed by atoms with Gasteiger partial charge >= 0.3 is 0 Å². The van der Waals surface area contributed by atoms with Crippen LogP contribution in [0.1, 0.15) is 42.7 Å². The zero-order chi connectivity index (χ0) is 31.6. The highest BCUT2D eigenvalue weighted by atomic mass is 32.2. The van der Waals surface area contributed by atoms with Crippen molar-refractivity contribution in [1.29, 1.82) is 0 Å². The van der Waals surface area contributed by atoms with E-state index < -0.39 is 62.6 Å². The van der Waals surface area contributed by atoms with Gasteiger partial charge in [-0.1, -0.05) is 13.8 Å². The summed E-state index contributed by atoms with van der Waals surface area (Å²) in [5, 5.41) is 2.72. The van der Waals surface area contributed by atoms with E-state index in [1.54, 1.807) is 0 Å². The van der Waals surface area contributed by atoms with Crippen LogP contribution in [-0.4, -0.2) is 78.8 Å². The first-order chi connectivity index (χ1) is 20.0. The summed E-state index contributed by atoms with van der Waals surface area (Å²) in [6, 6.07) is 4.82. The predicted octanol–water partition coefficient (Wildman–Crippen LogP) is 2.31. The maximum Gasteiger partial charge on any atom is 0.270 e. The first-order valence-corrected chi connectivity index (χ1v) is 15.4. The minimum atomic E-state index is -3.64. The van der Waals surface area contributed by atoms with Gasteiger partial charge in [-0.2, -0.15) is 0 Å². The lowest BCUT2D eigenvalue weighted by atomic mass is 9.79. The number of nitrogens with zero attached hydrogens (tertiary/aromatic N) is 2. The fourth-order valence-corrected chi connectivity index (χ4v) is 6.69. The highest BCUT2D eigenvalue weighted by molar-refractivity contribution is 7.90. The van der Waals surface area contributed by atoms with Crippen molar-refractivity contribution in [2.24, 2.45) is 11.7 Å². The Bertz CT molecular complexity index is 1810. The number of halogens is 2. The number of aromatic amines is 1. The fourth-order valence-electron chi connectivity index (χ4n) is 6.04. The highest BCUT2D eigenvalue weighted by Gasteiger charge is 2.58. The molecule has 0 bridgehead atoms. The maximum absolute atomic E-state index is 14.3. The number of primary amides is 1. The van der Waals surface area contributed by atoms with Gasteiger partial charge in [0.1, 0.15) is 29.4 Å². The van der Waals surface area contributed by atoms with Crippen LogP contribution in [0.2, 0.25) is 0 Å². The lowest BCUT2D eigenvalue weighted by Crippen LogP contribution is -2.54. The Morgan fingerprint density at radius 1 is 1.16 bits per heavy atom. The molecule has 0 unspecified atom stereocenters. The first kappa shape index (κ1) is 30.1. The minimum absolute atomic E-state index is 0.000428. The van der Waals surface area contributed by atoms with Gasteiger partial charge in [0.2, 0.25) is 17.7 Å². The van der Waals surface area contributed by atoms with E-state index in [1.165, 1.54) is 36.2 Å². The molecule has 1 saturated heterocycles. The van der Waals surface area contributed by atoms with E-state index in [9.17, 15) is 36.4 Å². The SMILES string of the molecule is CC(C)C[C@@H](C(=O)N1C[C@]2(C[C@H]1C(N)=O)C(=O)Nc1ccc(S(C)(=O)=O)cc12)N(C)C(=O)c1cc2c(F)cc(F)cc2[nH]1. The largest absolute Gasteiger partial charge is 0.368 e. The summed E-state index contributed by atoms with van der Waals surface area (Å²) in [6.07, 6.45) is 1.02. The molecule has 5 rings (SSSR count). The average molecular weight is 616 g/mol. The van der Waals surface area contributed by atoms with Gasteiger partial charge < -0.3 is 25.8 Å². The molecule has 4 N–H and O–H groups in total. The molecule has 2 aromatic carbocycles. The molecular formula is C29H31F2N5O6S. The van der Waals surface area contributed by atoms with Crippen LogP contribution in [0.5, 0.6) is 0 Å². The molecule has 1 fully saturated rings. The number of rotatable bonds is 7. The monoisotopic (exact) mass is 615 g/mol. The van der Waals surface area contributed by atoms with Crippen molar-refractivity contribution in [2.45, 2.75) is 49.1 Å². The zero-order valence-electron chi connectivity index (χ0n) is 23.9. The standard InChI is InChI=1S/C29H31F2N5O6S/c1-14(2)7-23(35(3)26(38)22-11-17-19(31)8-15(30)9-21(17)33-22)27(39)36-13-29(12-24(36)25(32)37)18-10-16(43(4,41)42)5-6-20(18)34-28(29)40/h5-6,8-11,14,23-24,33H,7,12-13H2,1-4H3,(H2,32,37)(H,34,40)/t23-,24-,29-/m0/s1. The van der Waals surface area contributed by atoms with Crippen LogP contribution >= 0.6 is 0 Å². The van der Waals surface area contributed by atoms with Crippen LogP contribution in [0.15, 0.2) is 41.3 Å². The van der Waals surface area contributed by atoms with Gasteiger partial charge in [0, 0.05) is 37.0 Å². The van der Waals surface area contributed by atoms with Gasteiger partial charge in [-0.15, -0.1) is 0 Å². The predicted molar refractivity (Wildman–Crippen MR) is 153 cm³/mol. The highest BCUT2D eigenvalue weighted by Crippen LogP contribution is 2.47. The summed E-state index contributed by atoms with van der Waals surface area (Å²) in [7, 11) is -2.25. The number of amides is 4. The van der Waals surface area contributed by atoms with Crippen LogP contribution < -0.4 is 11.1 Å². The van der Waals surface area contributed by atoms with Gasteiger partial charge in [0.25, 0.3) is 5.91 Å². The lowest BCUT2D eigenvalue weighted by Gasteiger charge is -2.33. The van der Waals surface area contributed by atoms with E-state index in [0.717, 1.165) is 17.2 Å². The lowest BCUT2D eigenvalue weighted by molar-refractivity contribution is -0.141. The molecule has 0 radical (unpaired) electrons. The molecule has 11 nitrogen and oxygen atoms in total. The van der Waals surface area contributed by atoms with Crippen molar-refractivity contribution < 1.29 is 36.4 Å². The molecule has 2 aliphatic rings. The van der Waals surface area contributed by atoms with E-state index in [4.69, 9.17) is 5.73 Å². The van der Waals surface area contributed by atoms with Crippen LogP contribution in [0.25, 0.3) is 10.9 Å². The van der Waals surface area contributed by atoms with Crippen LogP contribution in [0.4, 0.5) is 14.5 Å². The Kier molecular flexibility index (Phi) is 7.31. The second-order valence-corrected chi connectivity index (χ2v) is 13.7. The molecule has 14 heteroatoms. The number of carbonyl (C=O) groups excluding carboxylic acids is 4. The molecule has 3 heterocycles. The van der Waals surface area contributed by atoms with Crippen molar-refractivity contribution >= 4 is 50.1 Å². The fraction of sp³-hybridized carbons (Fsp3) is 0.379. The number of carbonyl (C=O) groups is 4. The topological polar surface area (TPSA) is 163 Å². The summed E-state index contributed by atoms with van der Waals surface area (Å²) in [4.78, 5) is 58.9. The van der Waals surface area contributed by atoms with Crippen molar-refractivity contribution in [1.82, 2.24) is 14.8 Å². The van der Waals surface area contributed by atoms with Crippen molar-refractivity contribution in [3.05, 3.63) is 59.3 Å². The summed E-state index contributed by atoms with van der Waals surface area (Å²) in [6.45, 7) is 3.40. The van der Waals surface area contributed by atoms with E-state index >= 15 is 0 Å². The van der Waals surface area contributed by atoms with Gasteiger partial charge in [0.05, 0.1) is 15.8 Å². The Balaban J connectivity index is 1.51. The number of likely N-dealkylation sites (tertiary alicyclic amines) is 1. The summed E-state index contributed by atoms with van der Waals surface area (Å²) in [5.74, 6) is -4.48. The van der Waals surface area contributed by atoms with Gasteiger partial charge in [0.15, 0.2) is 9.84 Å². The number of hydrogen-bond donors (Lipinski definition) is 3. The zero-order valence-corrected chi connectivity index (χ0v) is 24.7.